The fourth-order valence-electron chi connectivity index (χ4n) is 4.26. The van der Waals surface area contributed by atoms with Crippen LogP contribution in [0.4, 0.5) is 4.79 Å². The van der Waals surface area contributed by atoms with Crippen molar-refractivity contribution in [2.75, 3.05) is 0 Å². The van der Waals surface area contributed by atoms with Gasteiger partial charge in [-0.2, -0.15) is 0 Å². The van der Waals surface area contributed by atoms with E-state index in [2.05, 4.69) is 50.9 Å². The number of carbonyl (C=O) groups is 1. The smallest absolute Gasteiger partial charge is 0.294 e. The average Bonchev–Trinajstić information content (AvgIpc) is 3.39. The molecule has 1 fully saturated rings. The minimum Gasteiger partial charge on any atom is -0.448 e. The van der Waals surface area contributed by atoms with Crippen LogP contribution in [0.25, 0.3) is 11.8 Å². The molecule has 0 saturated carbocycles. The zero-order valence-corrected chi connectivity index (χ0v) is 19.2. The second-order valence-electron chi connectivity index (χ2n) is 7.73. The van der Waals surface area contributed by atoms with E-state index in [9.17, 15) is 4.79 Å². The molecule has 0 aromatic heterocycles. The van der Waals surface area contributed by atoms with Gasteiger partial charge in [0.15, 0.2) is 0 Å². The van der Waals surface area contributed by atoms with Gasteiger partial charge in [0.25, 0.3) is 11.1 Å². The molecule has 0 aliphatic carbocycles. The molecule has 1 amide bonds. The minimum absolute atomic E-state index is 0.109. The Labute approximate surface area is 198 Å². The summed E-state index contributed by atoms with van der Waals surface area (Å²) in [7, 11) is 0. The van der Waals surface area contributed by atoms with E-state index in [1.807, 2.05) is 71.7 Å². The number of halogens is 1. The molecule has 6 rings (SSSR count). The predicted octanol–water partition coefficient (Wildman–Crippen LogP) is 5.90. The molecule has 3 aromatic carbocycles. The van der Waals surface area contributed by atoms with E-state index in [4.69, 9.17) is 4.74 Å². The van der Waals surface area contributed by atoms with E-state index in [1.54, 1.807) is 0 Å². The van der Waals surface area contributed by atoms with E-state index in [1.165, 1.54) is 0 Å². The monoisotopic (exact) mass is 503 g/mol. The summed E-state index contributed by atoms with van der Waals surface area (Å²) in [5, 5.41) is 4.94. The van der Waals surface area contributed by atoms with E-state index in [0.29, 0.717) is 0 Å². The Morgan fingerprint density at radius 2 is 1.75 bits per heavy atom. The zero-order chi connectivity index (χ0) is 21.7. The Hall–Kier alpha value is -3.00. The maximum absolute atomic E-state index is 12.7. The zero-order valence-electron chi connectivity index (χ0n) is 16.8. The van der Waals surface area contributed by atoms with Gasteiger partial charge in [0.05, 0.1) is 16.6 Å². The summed E-state index contributed by atoms with van der Waals surface area (Å²) in [5.74, 6) is -0.397. The average molecular weight is 504 g/mol. The van der Waals surface area contributed by atoms with Crippen molar-refractivity contribution in [3.8, 4) is 5.75 Å². The van der Waals surface area contributed by atoms with E-state index >= 15 is 0 Å². The molecule has 2 N–H and O–H groups in total. The van der Waals surface area contributed by atoms with Crippen LogP contribution in [-0.2, 0) is 0 Å². The van der Waals surface area contributed by atoms with Gasteiger partial charge in [0, 0.05) is 10.0 Å². The van der Waals surface area contributed by atoms with Gasteiger partial charge in [0.2, 0.25) is 0 Å². The van der Waals surface area contributed by atoms with Crippen LogP contribution in [0, 0.1) is 0 Å². The first-order chi connectivity index (χ1) is 15.6. The van der Waals surface area contributed by atoms with Crippen molar-refractivity contribution in [2.24, 2.45) is 0 Å². The summed E-state index contributed by atoms with van der Waals surface area (Å²) < 4.78 is 7.56. The van der Waals surface area contributed by atoms with E-state index in [0.717, 1.165) is 49.3 Å². The molecular formula is C25H18BrN3O2S. The normalized spacial score (nSPS) is 25.0. The fourth-order valence-corrected chi connectivity index (χ4v) is 5.44. The van der Waals surface area contributed by atoms with Crippen LogP contribution in [-0.4, -0.2) is 16.1 Å². The standard InChI is InChI=1S/C25H18BrN3O2S/c26-18-12-10-16(11-13-18)14-23-25(27-24(30)32-23)29-21(19-8-4-5-9-22(19)31-25)15-20(28-29)17-6-2-1-3-7-17/h1-15,21,28H,(H,27,30). The van der Waals surface area contributed by atoms with Gasteiger partial charge in [-0.15, -0.1) is 5.01 Å². The maximum Gasteiger partial charge on any atom is 0.294 e. The number of para-hydroxylation sites is 1. The molecule has 2 unspecified atom stereocenters. The maximum atomic E-state index is 12.7. The van der Waals surface area contributed by atoms with E-state index < -0.39 is 5.85 Å². The van der Waals surface area contributed by atoms with Crippen LogP contribution in [0.3, 0.4) is 0 Å². The van der Waals surface area contributed by atoms with E-state index in [-0.39, 0.29) is 11.3 Å². The molecule has 0 radical (unpaired) electrons. The van der Waals surface area contributed by atoms with Crippen molar-refractivity contribution >= 4 is 44.7 Å². The first-order valence-electron chi connectivity index (χ1n) is 10.2. The second-order valence-corrected chi connectivity index (χ2v) is 9.66. The van der Waals surface area contributed by atoms with Crippen molar-refractivity contribution in [1.82, 2.24) is 15.8 Å². The van der Waals surface area contributed by atoms with Crippen LogP contribution in [0.2, 0.25) is 0 Å². The Morgan fingerprint density at radius 1 is 1.00 bits per heavy atom. The Kier molecular flexibility index (Phi) is 4.64. The van der Waals surface area contributed by atoms with Crippen LogP contribution in [0.1, 0.15) is 22.7 Å². The number of amides is 1. The number of hydrogen-bond acceptors (Lipinski definition) is 5. The van der Waals surface area contributed by atoms with Crippen molar-refractivity contribution in [2.45, 2.75) is 11.9 Å². The largest absolute Gasteiger partial charge is 0.448 e. The number of nitrogens with zero attached hydrogens (tertiary/aromatic N) is 1. The number of rotatable bonds is 2. The predicted molar refractivity (Wildman–Crippen MR) is 130 cm³/mol. The lowest BCUT2D eigenvalue weighted by Gasteiger charge is -2.45. The molecule has 0 bridgehead atoms. The molecule has 3 heterocycles. The highest BCUT2D eigenvalue weighted by molar-refractivity contribution is 9.10. The van der Waals surface area contributed by atoms with Gasteiger partial charge >= 0.3 is 0 Å². The molecule has 3 aliphatic heterocycles. The summed E-state index contributed by atoms with van der Waals surface area (Å²) in [5.41, 5.74) is 7.61. The van der Waals surface area contributed by atoms with Crippen molar-refractivity contribution in [3.05, 3.63) is 111 Å². The molecule has 5 nitrogen and oxygen atoms in total. The number of hydrogen-bond donors (Lipinski definition) is 2. The quantitative estimate of drug-likeness (QED) is 0.456. The molecule has 3 aliphatic rings. The number of nitrogens with one attached hydrogen (secondary N) is 2. The Bertz CT molecular complexity index is 1280. The van der Waals surface area contributed by atoms with Crippen molar-refractivity contribution < 1.29 is 9.53 Å². The number of ether oxygens (including phenoxy) is 1. The molecule has 158 valence electrons. The summed E-state index contributed by atoms with van der Waals surface area (Å²) in [6, 6.07) is 26.0. The minimum atomic E-state index is -1.15. The van der Waals surface area contributed by atoms with Crippen molar-refractivity contribution in [1.29, 1.82) is 0 Å². The summed E-state index contributed by atoms with van der Waals surface area (Å²) in [6.07, 6.45) is 4.19. The highest BCUT2D eigenvalue weighted by Crippen LogP contribution is 2.51. The lowest BCUT2D eigenvalue weighted by molar-refractivity contribution is -0.107. The topological polar surface area (TPSA) is 53.6 Å². The van der Waals surface area contributed by atoms with Crippen LogP contribution < -0.4 is 15.5 Å². The number of thioether (sulfide) groups is 1. The van der Waals surface area contributed by atoms with Gasteiger partial charge < -0.3 is 10.2 Å². The number of carbonyl (C=O) groups excluding carboxylic acids is 1. The lowest BCUT2D eigenvalue weighted by Crippen LogP contribution is -2.66. The second kappa shape index (κ2) is 7.55. The van der Waals surface area contributed by atoms with Gasteiger partial charge in [-0.25, -0.2) is 0 Å². The lowest BCUT2D eigenvalue weighted by atomic mass is 10.0. The Morgan fingerprint density at radius 3 is 2.56 bits per heavy atom. The molecule has 2 atom stereocenters. The molecule has 7 heteroatoms. The SMILES string of the molecule is O=C1NC2(Oc3ccccc3C3C=C(c4ccccc4)NN32)C(=Cc2ccc(Br)cc2)S1. The fraction of sp³-hybridized carbons (Fsp3) is 0.0800. The molecule has 1 spiro atoms. The Balaban J connectivity index is 1.49. The highest BCUT2D eigenvalue weighted by atomic mass is 79.9. The molecule has 1 saturated heterocycles. The number of benzene rings is 3. The van der Waals surface area contributed by atoms with Crippen LogP contribution in [0.5, 0.6) is 5.75 Å². The van der Waals surface area contributed by atoms with Crippen LogP contribution in [0.15, 0.2) is 94.3 Å². The summed E-state index contributed by atoms with van der Waals surface area (Å²) >= 11 is 4.64. The summed E-state index contributed by atoms with van der Waals surface area (Å²) in [6.45, 7) is 0. The summed E-state index contributed by atoms with van der Waals surface area (Å²) in [4.78, 5) is 13.5. The van der Waals surface area contributed by atoms with Crippen molar-refractivity contribution in [3.63, 3.8) is 0 Å². The number of hydrazine groups is 1. The third-order valence-corrected chi connectivity index (χ3v) is 7.17. The van der Waals surface area contributed by atoms with Gasteiger partial charge in [-0.1, -0.05) is 76.6 Å². The van der Waals surface area contributed by atoms with Gasteiger partial charge in [0.1, 0.15) is 5.75 Å². The van der Waals surface area contributed by atoms with Gasteiger partial charge in [-0.3, -0.25) is 10.1 Å². The first kappa shape index (κ1) is 19.7. The third kappa shape index (κ3) is 3.16. The molecule has 3 aromatic rings. The van der Waals surface area contributed by atoms with Gasteiger partial charge in [-0.05, 0) is 53.2 Å². The highest BCUT2D eigenvalue weighted by Gasteiger charge is 2.58. The first-order valence-corrected chi connectivity index (χ1v) is 11.8. The third-order valence-electron chi connectivity index (χ3n) is 5.74. The van der Waals surface area contributed by atoms with Crippen LogP contribution >= 0.6 is 27.7 Å². The molecular weight excluding hydrogens is 486 g/mol. The number of fused-ring (bicyclic) bond motifs is 4. The molecule has 32 heavy (non-hydrogen) atoms.